The number of nitrogens with zero attached hydrogens (tertiary/aromatic N) is 4. The number of hydrogen-bond donors (Lipinski definition) is 0. The molecule has 1 aliphatic heterocycles. The second-order valence-corrected chi connectivity index (χ2v) is 10.8. The number of alkyl halides is 1. The van der Waals surface area contributed by atoms with Crippen molar-refractivity contribution in [1.82, 2.24) is 19.4 Å². The van der Waals surface area contributed by atoms with E-state index in [0.29, 0.717) is 19.0 Å². The van der Waals surface area contributed by atoms with E-state index in [1.54, 1.807) is 12.0 Å². The van der Waals surface area contributed by atoms with Gasteiger partial charge in [-0.25, -0.2) is 19.2 Å². The quantitative estimate of drug-likeness (QED) is 0.236. The number of likely N-dealkylation sites (tertiary alicyclic amines) is 1. The van der Waals surface area contributed by atoms with Crippen molar-refractivity contribution in [2.24, 2.45) is 0 Å². The average Bonchev–Trinajstić information content (AvgIpc) is 3.54. The molecule has 0 saturated carbocycles. The van der Waals surface area contributed by atoms with E-state index in [4.69, 9.17) is 24.2 Å². The SMILES string of the molecule is COc1nc(C(C)C)ccc1-c1nc2c(C)cn(C3CN(C(=O)OCc4ccccc4)C[C@@H]3OCCF)c2cc1C. The van der Waals surface area contributed by atoms with Crippen LogP contribution in [0.5, 0.6) is 5.88 Å². The van der Waals surface area contributed by atoms with Gasteiger partial charge in [0.25, 0.3) is 0 Å². The van der Waals surface area contributed by atoms with Crippen molar-refractivity contribution in [2.45, 2.75) is 52.4 Å². The van der Waals surface area contributed by atoms with Crippen LogP contribution in [0.2, 0.25) is 0 Å². The van der Waals surface area contributed by atoms with Crippen LogP contribution in [0.3, 0.4) is 0 Å². The van der Waals surface area contributed by atoms with E-state index in [9.17, 15) is 9.18 Å². The molecule has 1 saturated heterocycles. The molecule has 8 nitrogen and oxygen atoms in total. The van der Waals surface area contributed by atoms with Crippen LogP contribution in [0.15, 0.2) is 54.7 Å². The van der Waals surface area contributed by atoms with Crippen molar-refractivity contribution in [2.75, 3.05) is 33.5 Å². The van der Waals surface area contributed by atoms with Gasteiger partial charge in [0.1, 0.15) is 13.3 Å². The minimum absolute atomic E-state index is 0.0349. The van der Waals surface area contributed by atoms with E-state index < -0.39 is 18.9 Å². The first kappa shape index (κ1) is 28.5. The highest BCUT2D eigenvalue weighted by Crippen LogP contribution is 2.36. The molecule has 1 fully saturated rings. The van der Waals surface area contributed by atoms with Gasteiger partial charge in [-0.05, 0) is 54.7 Å². The Hall–Kier alpha value is -3.98. The number of pyridine rings is 2. The lowest BCUT2D eigenvalue weighted by molar-refractivity contribution is 0.0290. The monoisotopic (exact) mass is 560 g/mol. The van der Waals surface area contributed by atoms with Crippen LogP contribution in [-0.4, -0.2) is 65.1 Å². The summed E-state index contributed by atoms with van der Waals surface area (Å²) in [7, 11) is 1.62. The number of benzene rings is 1. The van der Waals surface area contributed by atoms with Gasteiger partial charge >= 0.3 is 6.09 Å². The van der Waals surface area contributed by atoms with E-state index in [0.717, 1.165) is 44.7 Å². The first-order valence-electron chi connectivity index (χ1n) is 14.0. The third-order valence-electron chi connectivity index (χ3n) is 7.57. The molecule has 0 radical (unpaired) electrons. The van der Waals surface area contributed by atoms with Crippen LogP contribution in [0, 0.1) is 13.8 Å². The Balaban J connectivity index is 1.45. The number of carbonyl (C=O) groups is 1. The number of rotatable bonds is 9. The van der Waals surface area contributed by atoms with Crippen molar-refractivity contribution < 1.29 is 23.4 Å². The molecule has 0 aliphatic carbocycles. The molecule has 5 rings (SSSR count). The molecule has 3 aromatic heterocycles. The molecular weight excluding hydrogens is 523 g/mol. The molecule has 4 heterocycles. The molecule has 1 aromatic carbocycles. The zero-order chi connectivity index (χ0) is 29.1. The summed E-state index contributed by atoms with van der Waals surface area (Å²) in [4.78, 5) is 24.4. The fourth-order valence-electron chi connectivity index (χ4n) is 5.43. The molecule has 1 aliphatic rings. The number of ether oxygens (including phenoxy) is 3. The smallest absolute Gasteiger partial charge is 0.410 e. The molecule has 0 bridgehead atoms. The second kappa shape index (κ2) is 12.3. The zero-order valence-electron chi connectivity index (χ0n) is 24.3. The zero-order valence-corrected chi connectivity index (χ0v) is 24.3. The molecule has 4 aromatic rings. The number of amides is 1. The standard InChI is InChI=1S/C32H37FN4O4/c1-20(2)25-12-11-24(31(34-25)39-5)29-21(3)15-26-30(35-29)22(4)16-37(26)27-17-36(18-28(27)40-14-13-33)32(38)41-19-23-9-7-6-8-10-23/h6-12,15-16,20,27-28H,13-14,17-19H2,1-5H3/t27?,28-/m0/s1. The molecule has 216 valence electrons. The summed E-state index contributed by atoms with van der Waals surface area (Å²) in [6, 6.07) is 15.5. The Kier molecular flexibility index (Phi) is 8.54. The van der Waals surface area contributed by atoms with Gasteiger partial charge < -0.3 is 23.7 Å². The van der Waals surface area contributed by atoms with Gasteiger partial charge in [-0.15, -0.1) is 0 Å². The largest absolute Gasteiger partial charge is 0.480 e. The number of carbonyl (C=O) groups excluding carboxylic acids is 1. The van der Waals surface area contributed by atoms with E-state index >= 15 is 0 Å². The predicted molar refractivity (Wildman–Crippen MR) is 156 cm³/mol. The topological polar surface area (TPSA) is 78.7 Å². The normalized spacial score (nSPS) is 17.0. The van der Waals surface area contributed by atoms with Gasteiger partial charge in [0.05, 0.1) is 54.7 Å². The second-order valence-electron chi connectivity index (χ2n) is 10.8. The van der Waals surface area contributed by atoms with Crippen molar-refractivity contribution in [1.29, 1.82) is 0 Å². The molecular formula is C32H37FN4O4. The average molecular weight is 561 g/mol. The highest BCUT2D eigenvalue weighted by molar-refractivity contribution is 5.85. The molecule has 1 amide bonds. The maximum absolute atomic E-state index is 13.1. The fraction of sp³-hybridized carbons (Fsp3) is 0.406. The van der Waals surface area contributed by atoms with E-state index in [1.807, 2.05) is 62.5 Å². The molecule has 0 spiro atoms. The maximum Gasteiger partial charge on any atom is 0.410 e. The van der Waals surface area contributed by atoms with Gasteiger partial charge in [-0.1, -0.05) is 44.2 Å². The van der Waals surface area contributed by atoms with Gasteiger partial charge in [-0.2, -0.15) is 0 Å². The first-order valence-corrected chi connectivity index (χ1v) is 14.0. The van der Waals surface area contributed by atoms with Gasteiger partial charge in [-0.3, -0.25) is 0 Å². The van der Waals surface area contributed by atoms with Crippen molar-refractivity contribution in [3.63, 3.8) is 0 Å². The Bertz CT molecular complexity index is 1520. The summed E-state index contributed by atoms with van der Waals surface area (Å²) in [6.07, 6.45) is 1.23. The van der Waals surface area contributed by atoms with Gasteiger partial charge in [0.15, 0.2) is 0 Å². The summed E-state index contributed by atoms with van der Waals surface area (Å²) in [5.41, 5.74) is 7.23. The minimum atomic E-state index is -0.595. The number of fused-ring (bicyclic) bond motifs is 1. The van der Waals surface area contributed by atoms with Crippen molar-refractivity contribution >= 4 is 17.1 Å². The van der Waals surface area contributed by atoms with Crippen molar-refractivity contribution in [3.8, 4) is 17.1 Å². The molecule has 0 N–H and O–H groups in total. The number of aromatic nitrogens is 3. The van der Waals surface area contributed by atoms with Crippen LogP contribution in [0.1, 0.15) is 48.2 Å². The summed E-state index contributed by atoms with van der Waals surface area (Å²) in [5, 5.41) is 0. The maximum atomic E-state index is 13.1. The molecule has 9 heteroatoms. The predicted octanol–water partition coefficient (Wildman–Crippen LogP) is 6.40. The molecule has 1 unspecified atom stereocenters. The van der Waals surface area contributed by atoms with Gasteiger partial charge in [0, 0.05) is 18.4 Å². The number of hydrogen-bond acceptors (Lipinski definition) is 6. The first-order chi connectivity index (χ1) is 19.8. The molecule has 2 atom stereocenters. The van der Waals surface area contributed by atoms with Crippen LogP contribution in [0.4, 0.5) is 9.18 Å². The Morgan fingerprint density at radius 2 is 1.85 bits per heavy atom. The lowest BCUT2D eigenvalue weighted by Crippen LogP contribution is -2.30. The third kappa shape index (κ3) is 5.91. The van der Waals surface area contributed by atoms with Crippen LogP contribution < -0.4 is 4.74 Å². The van der Waals surface area contributed by atoms with E-state index in [-0.39, 0.29) is 25.2 Å². The third-order valence-corrected chi connectivity index (χ3v) is 7.57. The minimum Gasteiger partial charge on any atom is -0.480 e. The van der Waals surface area contributed by atoms with E-state index in [2.05, 4.69) is 24.5 Å². The lowest BCUT2D eigenvalue weighted by Gasteiger charge is -2.21. The summed E-state index contributed by atoms with van der Waals surface area (Å²) < 4.78 is 32.4. The highest BCUT2D eigenvalue weighted by atomic mass is 19.1. The Labute approximate surface area is 240 Å². The van der Waals surface area contributed by atoms with Gasteiger partial charge in [0.2, 0.25) is 5.88 Å². The Morgan fingerprint density at radius 1 is 1.07 bits per heavy atom. The van der Waals surface area contributed by atoms with Crippen LogP contribution in [-0.2, 0) is 16.1 Å². The number of aryl methyl sites for hydroxylation is 2. The van der Waals surface area contributed by atoms with Crippen molar-refractivity contribution in [3.05, 3.63) is 77.1 Å². The van der Waals surface area contributed by atoms with Crippen LogP contribution in [0.25, 0.3) is 22.3 Å². The number of methoxy groups -OCH3 is 1. The fourth-order valence-corrected chi connectivity index (χ4v) is 5.43. The summed E-state index contributed by atoms with van der Waals surface area (Å²) in [5.74, 6) is 0.822. The van der Waals surface area contributed by atoms with E-state index in [1.165, 1.54) is 0 Å². The van der Waals surface area contributed by atoms with Crippen LogP contribution >= 0.6 is 0 Å². The Morgan fingerprint density at radius 3 is 2.56 bits per heavy atom. The molecule has 41 heavy (non-hydrogen) atoms. The summed E-state index contributed by atoms with van der Waals surface area (Å²) >= 11 is 0. The summed E-state index contributed by atoms with van der Waals surface area (Å²) in [6.45, 7) is 8.47. The number of halogens is 1. The highest BCUT2D eigenvalue weighted by Gasteiger charge is 2.39. The lowest BCUT2D eigenvalue weighted by atomic mass is 10.0.